The summed E-state index contributed by atoms with van der Waals surface area (Å²) in [6.07, 6.45) is 2.01. The number of carbonyl (C=O) groups is 1. The van der Waals surface area contributed by atoms with E-state index in [-0.39, 0.29) is 5.78 Å². The van der Waals surface area contributed by atoms with Crippen LogP contribution in [0.25, 0.3) is 0 Å². The minimum absolute atomic E-state index is 0.0156. The van der Waals surface area contributed by atoms with Crippen LogP contribution in [-0.4, -0.2) is 17.9 Å². The molecule has 0 radical (unpaired) electrons. The molecule has 0 unspecified atom stereocenters. The minimum atomic E-state index is -0.0156. The Kier molecular flexibility index (Phi) is 3.42. The minimum Gasteiger partial charge on any atom is -0.493 e. The van der Waals surface area contributed by atoms with Crippen molar-refractivity contribution in [3.63, 3.8) is 0 Å². The van der Waals surface area contributed by atoms with Gasteiger partial charge in [0, 0.05) is 12.6 Å². The summed E-state index contributed by atoms with van der Waals surface area (Å²) in [5.41, 5.74) is 0.388. The third kappa shape index (κ3) is 2.06. The quantitative estimate of drug-likeness (QED) is 0.766. The number of rotatable bonds is 3. The highest BCUT2D eigenvalue weighted by Crippen LogP contribution is 2.27. The first-order valence-electron chi connectivity index (χ1n) is 3.92. The molecule has 0 aromatic carbocycles. The van der Waals surface area contributed by atoms with Crippen LogP contribution in [0.5, 0.6) is 5.75 Å². The molecule has 0 spiro atoms. The van der Waals surface area contributed by atoms with Crippen molar-refractivity contribution >= 4 is 21.7 Å². The van der Waals surface area contributed by atoms with E-state index < -0.39 is 0 Å². The maximum Gasteiger partial charge on any atom is 0.184 e. The molecule has 0 saturated carbocycles. The molecule has 70 valence electrons. The predicted octanol–water partition coefficient (Wildman–Crippen LogP) is 2.45. The van der Waals surface area contributed by atoms with Crippen molar-refractivity contribution in [2.24, 2.45) is 0 Å². The van der Waals surface area contributed by atoms with Crippen LogP contribution in [-0.2, 0) is 0 Å². The van der Waals surface area contributed by atoms with Crippen LogP contribution in [0.2, 0.25) is 0 Å². The number of ether oxygens (including phenoxy) is 1. The zero-order valence-corrected chi connectivity index (χ0v) is 9.09. The average molecular weight is 244 g/mol. The molecule has 0 N–H and O–H groups in total. The maximum atomic E-state index is 11.4. The Morgan fingerprint density at radius 2 is 2.38 bits per heavy atom. The fourth-order valence-corrected chi connectivity index (χ4v) is 1.45. The largest absolute Gasteiger partial charge is 0.493 e. The highest BCUT2D eigenvalue weighted by molar-refractivity contribution is 9.10. The Bertz CT molecular complexity index is 325. The highest BCUT2D eigenvalue weighted by Gasteiger charge is 2.14. The molecule has 0 bridgehead atoms. The van der Waals surface area contributed by atoms with Gasteiger partial charge in [-0.15, -0.1) is 0 Å². The number of hydrogen-bond acceptors (Lipinski definition) is 3. The van der Waals surface area contributed by atoms with Crippen LogP contribution < -0.4 is 4.74 Å². The van der Waals surface area contributed by atoms with Gasteiger partial charge in [0.05, 0.1) is 11.6 Å². The molecule has 13 heavy (non-hydrogen) atoms. The Hall–Kier alpha value is -0.900. The van der Waals surface area contributed by atoms with Crippen molar-refractivity contribution in [3.05, 3.63) is 22.4 Å². The van der Waals surface area contributed by atoms with Gasteiger partial charge in [-0.3, -0.25) is 4.79 Å². The summed E-state index contributed by atoms with van der Waals surface area (Å²) in [6, 6.07) is 1.74. The molecule has 0 aliphatic heterocycles. The average Bonchev–Trinajstić information content (AvgIpc) is 2.16. The van der Waals surface area contributed by atoms with Crippen molar-refractivity contribution in [1.82, 2.24) is 4.98 Å². The SMILES string of the molecule is CCC(=O)c1nccc(Br)c1OC. The van der Waals surface area contributed by atoms with E-state index in [9.17, 15) is 4.79 Å². The number of aromatic nitrogens is 1. The van der Waals surface area contributed by atoms with Gasteiger partial charge in [-0.05, 0) is 22.0 Å². The molecule has 0 amide bonds. The van der Waals surface area contributed by atoms with E-state index in [2.05, 4.69) is 20.9 Å². The predicted molar refractivity (Wildman–Crippen MR) is 53.1 cm³/mol. The second-order valence-electron chi connectivity index (χ2n) is 2.45. The van der Waals surface area contributed by atoms with Gasteiger partial charge in [0.25, 0.3) is 0 Å². The zero-order valence-electron chi connectivity index (χ0n) is 7.50. The van der Waals surface area contributed by atoms with Gasteiger partial charge in [0.2, 0.25) is 0 Å². The highest BCUT2D eigenvalue weighted by atomic mass is 79.9. The lowest BCUT2D eigenvalue weighted by atomic mass is 10.2. The molecule has 0 atom stereocenters. The summed E-state index contributed by atoms with van der Waals surface area (Å²) in [6.45, 7) is 1.80. The molecule has 0 fully saturated rings. The van der Waals surface area contributed by atoms with E-state index in [1.807, 2.05) is 0 Å². The summed E-state index contributed by atoms with van der Waals surface area (Å²) in [5.74, 6) is 0.493. The molecule has 1 aromatic heterocycles. The van der Waals surface area contributed by atoms with Crippen molar-refractivity contribution < 1.29 is 9.53 Å². The van der Waals surface area contributed by atoms with Gasteiger partial charge in [0.15, 0.2) is 11.5 Å². The molecule has 0 saturated heterocycles. The van der Waals surface area contributed by atoms with E-state index >= 15 is 0 Å². The van der Waals surface area contributed by atoms with Crippen LogP contribution in [0, 0.1) is 0 Å². The first kappa shape index (κ1) is 10.2. The van der Waals surface area contributed by atoms with Gasteiger partial charge in [-0.25, -0.2) is 4.98 Å². The van der Waals surface area contributed by atoms with Crippen molar-refractivity contribution in [2.45, 2.75) is 13.3 Å². The standard InChI is InChI=1S/C9H10BrNO2/c1-3-7(12)8-9(13-2)6(10)4-5-11-8/h4-5H,3H2,1-2H3. The van der Waals surface area contributed by atoms with Gasteiger partial charge >= 0.3 is 0 Å². The Labute approximate surface area is 85.3 Å². The van der Waals surface area contributed by atoms with Crippen LogP contribution in [0.1, 0.15) is 23.8 Å². The van der Waals surface area contributed by atoms with Crippen LogP contribution in [0.4, 0.5) is 0 Å². The van der Waals surface area contributed by atoms with Gasteiger partial charge in [-0.2, -0.15) is 0 Å². The lowest BCUT2D eigenvalue weighted by molar-refractivity contribution is 0.0980. The molecule has 0 aliphatic rings. The van der Waals surface area contributed by atoms with Gasteiger partial charge in [0.1, 0.15) is 5.69 Å². The van der Waals surface area contributed by atoms with Gasteiger partial charge < -0.3 is 4.74 Å². The molecule has 4 heteroatoms. The van der Waals surface area contributed by atoms with Crippen molar-refractivity contribution in [2.75, 3.05) is 7.11 Å². The second kappa shape index (κ2) is 4.37. The summed E-state index contributed by atoms with van der Waals surface area (Å²) in [5, 5.41) is 0. The zero-order chi connectivity index (χ0) is 9.84. The van der Waals surface area contributed by atoms with E-state index in [0.29, 0.717) is 17.9 Å². The number of halogens is 1. The number of carbonyl (C=O) groups excluding carboxylic acids is 1. The lowest BCUT2D eigenvalue weighted by Gasteiger charge is -2.06. The van der Waals surface area contributed by atoms with Crippen molar-refractivity contribution in [1.29, 1.82) is 0 Å². The Balaban J connectivity index is 3.20. The number of ketones is 1. The van der Waals surface area contributed by atoms with Crippen LogP contribution in [0.15, 0.2) is 16.7 Å². The van der Waals surface area contributed by atoms with E-state index in [1.165, 1.54) is 7.11 Å². The Morgan fingerprint density at radius 1 is 1.69 bits per heavy atom. The normalized spacial score (nSPS) is 9.77. The van der Waals surface area contributed by atoms with Crippen molar-refractivity contribution in [3.8, 4) is 5.75 Å². The maximum absolute atomic E-state index is 11.4. The smallest absolute Gasteiger partial charge is 0.184 e. The van der Waals surface area contributed by atoms with E-state index in [4.69, 9.17) is 4.74 Å². The summed E-state index contributed by atoms with van der Waals surface area (Å²) in [7, 11) is 1.52. The summed E-state index contributed by atoms with van der Waals surface area (Å²) in [4.78, 5) is 15.4. The summed E-state index contributed by atoms with van der Waals surface area (Å²) >= 11 is 3.29. The third-order valence-electron chi connectivity index (χ3n) is 1.65. The van der Waals surface area contributed by atoms with Gasteiger partial charge in [-0.1, -0.05) is 6.92 Å². The first-order valence-corrected chi connectivity index (χ1v) is 4.71. The molecule has 1 aromatic rings. The molecular formula is C9H10BrNO2. The third-order valence-corrected chi connectivity index (χ3v) is 2.27. The van der Waals surface area contributed by atoms with Crippen LogP contribution in [0.3, 0.4) is 0 Å². The fourth-order valence-electron chi connectivity index (χ4n) is 0.985. The molecule has 3 nitrogen and oxygen atoms in total. The van der Waals surface area contributed by atoms with E-state index in [1.54, 1.807) is 19.2 Å². The molecule has 0 aliphatic carbocycles. The molecule has 1 rings (SSSR count). The number of methoxy groups -OCH3 is 1. The monoisotopic (exact) mass is 243 g/mol. The number of nitrogens with zero attached hydrogens (tertiary/aromatic N) is 1. The number of hydrogen-bond donors (Lipinski definition) is 0. The lowest BCUT2D eigenvalue weighted by Crippen LogP contribution is -2.03. The van der Waals surface area contributed by atoms with Crippen LogP contribution >= 0.6 is 15.9 Å². The fraction of sp³-hybridized carbons (Fsp3) is 0.333. The second-order valence-corrected chi connectivity index (χ2v) is 3.31. The van der Waals surface area contributed by atoms with E-state index in [0.717, 1.165) is 4.47 Å². The number of pyridine rings is 1. The molecular weight excluding hydrogens is 234 g/mol. The topological polar surface area (TPSA) is 39.2 Å². The first-order chi connectivity index (χ1) is 6.20. The Morgan fingerprint density at radius 3 is 2.92 bits per heavy atom. The summed E-state index contributed by atoms with van der Waals surface area (Å²) < 4.78 is 5.82. The molecule has 1 heterocycles. The number of Topliss-reactive ketones (excluding diaryl/α,β-unsaturated/α-hetero) is 1.